The van der Waals surface area contributed by atoms with Crippen LogP contribution in [0.3, 0.4) is 0 Å². The Bertz CT molecular complexity index is 682. The fraction of sp³-hybridized carbons (Fsp3) is 0.188. The topological polar surface area (TPSA) is 37.3 Å². The molecule has 0 saturated heterocycles. The van der Waals surface area contributed by atoms with Gasteiger partial charge in [0.2, 0.25) is 0 Å². The first kappa shape index (κ1) is 13.5. The van der Waals surface area contributed by atoms with Crippen molar-refractivity contribution in [1.29, 1.82) is 0 Å². The molecule has 0 fully saturated rings. The van der Waals surface area contributed by atoms with Crippen molar-refractivity contribution in [3.05, 3.63) is 63.7 Å². The summed E-state index contributed by atoms with van der Waals surface area (Å²) in [7, 11) is 0. The minimum absolute atomic E-state index is 0.0760. The zero-order valence-corrected chi connectivity index (χ0v) is 12.3. The average molecular weight is 305 g/mol. The highest BCUT2D eigenvalue weighted by molar-refractivity contribution is 7.98. The van der Waals surface area contributed by atoms with E-state index in [0.717, 1.165) is 22.8 Å². The van der Waals surface area contributed by atoms with Crippen LogP contribution in [0.5, 0.6) is 0 Å². The van der Waals surface area contributed by atoms with Gasteiger partial charge in [-0.05, 0) is 46.9 Å². The van der Waals surface area contributed by atoms with Crippen LogP contribution in [0.15, 0.2) is 41.3 Å². The number of rotatable bonds is 2. The normalized spacial score (nSPS) is 13.2. The molecule has 2 nitrogen and oxygen atoms in total. The zero-order chi connectivity index (χ0) is 14.1. The van der Waals surface area contributed by atoms with Gasteiger partial charge in [0.05, 0.1) is 6.42 Å². The van der Waals surface area contributed by atoms with Gasteiger partial charge in [-0.25, -0.2) is 0 Å². The molecule has 1 N–H and O–H groups in total. The van der Waals surface area contributed by atoms with Crippen LogP contribution in [-0.2, 0) is 23.4 Å². The first-order valence-corrected chi connectivity index (χ1v) is 7.72. The van der Waals surface area contributed by atoms with E-state index in [4.69, 9.17) is 16.7 Å². The number of halogens is 1. The largest absolute Gasteiger partial charge is 0.481 e. The monoisotopic (exact) mass is 304 g/mol. The number of aliphatic carboxylic acids is 1. The van der Waals surface area contributed by atoms with E-state index < -0.39 is 5.97 Å². The highest BCUT2D eigenvalue weighted by Gasteiger charge is 2.15. The van der Waals surface area contributed by atoms with Crippen LogP contribution in [0.25, 0.3) is 0 Å². The molecule has 0 aromatic heterocycles. The maximum absolute atomic E-state index is 10.8. The molecule has 0 aliphatic carbocycles. The van der Waals surface area contributed by atoms with Crippen LogP contribution >= 0.6 is 23.4 Å². The molecule has 0 saturated carbocycles. The Kier molecular flexibility index (Phi) is 3.72. The van der Waals surface area contributed by atoms with Crippen molar-refractivity contribution in [2.75, 3.05) is 0 Å². The second-order valence-corrected chi connectivity index (χ2v) is 6.34. The van der Waals surface area contributed by atoms with Crippen LogP contribution < -0.4 is 0 Å². The molecule has 3 rings (SSSR count). The summed E-state index contributed by atoms with van der Waals surface area (Å²) in [6.45, 7) is 0. The van der Waals surface area contributed by atoms with E-state index in [9.17, 15) is 4.79 Å². The fourth-order valence-electron chi connectivity index (χ4n) is 2.43. The Hall–Kier alpha value is -1.45. The number of carbonyl (C=O) groups is 1. The van der Waals surface area contributed by atoms with E-state index in [0.29, 0.717) is 0 Å². The summed E-state index contributed by atoms with van der Waals surface area (Å²) in [5.74, 6) is 0.0815. The lowest BCUT2D eigenvalue weighted by Crippen LogP contribution is -2.00. The summed E-state index contributed by atoms with van der Waals surface area (Å²) < 4.78 is 0. The third kappa shape index (κ3) is 2.84. The zero-order valence-electron chi connectivity index (χ0n) is 10.7. The van der Waals surface area contributed by atoms with E-state index >= 15 is 0 Å². The second kappa shape index (κ2) is 5.51. The van der Waals surface area contributed by atoms with E-state index in [2.05, 4.69) is 6.07 Å². The Balaban J connectivity index is 1.94. The van der Waals surface area contributed by atoms with Gasteiger partial charge in [0.25, 0.3) is 0 Å². The summed E-state index contributed by atoms with van der Waals surface area (Å²) in [5, 5.41) is 9.64. The number of hydrogen-bond donors (Lipinski definition) is 1. The highest BCUT2D eigenvalue weighted by atomic mass is 35.5. The molecule has 0 bridgehead atoms. The lowest BCUT2D eigenvalue weighted by Gasteiger charge is -2.07. The van der Waals surface area contributed by atoms with Gasteiger partial charge in [-0.15, -0.1) is 11.8 Å². The summed E-state index contributed by atoms with van der Waals surface area (Å²) in [6, 6.07) is 12.0. The fourth-order valence-corrected chi connectivity index (χ4v) is 3.76. The molecule has 0 spiro atoms. The molecular formula is C16H13ClO2S. The standard InChI is InChI=1S/C16H13ClO2S/c17-14-4-3-11-7-12-2-1-10(6-16(18)19)5-15(12)20-9-13(11)8-14/h1-5,8H,6-7,9H2,(H,18,19). The lowest BCUT2D eigenvalue weighted by molar-refractivity contribution is -0.136. The minimum Gasteiger partial charge on any atom is -0.481 e. The molecule has 0 amide bonds. The lowest BCUT2D eigenvalue weighted by atomic mass is 9.99. The number of benzene rings is 2. The van der Waals surface area contributed by atoms with Crippen molar-refractivity contribution in [2.45, 2.75) is 23.5 Å². The van der Waals surface area contributed by atoms with Crippen LogP contribution in [0.2, 0.25) is 5.02 Å². The molecule has 1 aliphatic rings. The maximum Gasteiger partial charge on any atom is 0.307 e. The van der Waals surface area contributed by atoms with Gasteiger partial charge in [0.1, 0.15) is 0 Å². The summed E-state index contributed by atoms with van der Waals surface area (Å²) >= 11 is 7.80. The molecule has 0 atom stereocenters. The van der Waals surface area contributed by atoms with Crippen LogP contribution in [0.1, 0.15) is 22.3 Å². The molecular weight excluding hydrogens is 292 g/mol. The molecule has 102 valence electrons. The first-order chi connectivity index (χ1) is 9.61. The minimum atomic E-state index is -0.793. The number of fused-ring (bicyclic) bond motifs is 2. The van der Waals surface area contributed by atoms with Gasteiger partial charge in [-0.3, -0.25) is 4.79 Å². The van der Waals surface area contributed by atoms with E-state index in [1.165, 1.54) is 21.6 Å². The van der Waals surface area contributed by atoms with Crippen molar-refractivity contribution in [2.24, 2.45) is 0 Å². The van der Waals surface area contributed by atoms with Crippen LogP contribution in [0.4, 0.5) is 0 Å². The van der Waals surface area contributed by atoms with E-state index in [-0.39, 0.29) is 6.42 Å². The third-order valence-electron chi connectivity index (χ3n) is 3.42. The smallest absolute Gasteiger partial charge is 0.307 e. The quantitative estimate of drug-likeness (QED) is 0.905. The van der Waals surface area contributed by atoms with Crippen LogP contribution in [-0.4, -0.2) is 11.1 Å². The third-order valence-corrected chi connectivity index (χ3v) is 4.80. The SMILES string of the molecule is O=C(O)Cc1ccc2c(c1)SCc1cc(Cl)ccc1C2. The Labute approximate surface area is 126 Å². The average Bonchev–Trinajstić information content (AvgIpc) is 2.57. The molecule has 4 heteroatoms. The van der Waals surface area contributed by atoms with Gasteiger partial charge in [0.15, 0.2) is 0 Å². The van der Waals surface area contributed by atoms with Crippen molar-refractivity contribution in [1.82, 2.24) is 0 Å². The molecule has 0 radical (unpaired) electrons. The van der Waals surface area contributed by atoms with Gasteiger partial charge < -0.3 is 5.11 Å². The number of hydrogen-bond acceptors (Lipinski definition) is 2. The Morgan fingerprint density at radius 3 is 2.75 bits per heavy atom. The van der Waals surface area contributed by atoms with Crippen molar-refractivity contribution in [3.8, 4) is 0 Å². The predicted molar refractivity (Wildman–Crippen MR) is 81.6 cm³/mol. The summed E-state index contributed by atoms with van der Waals surface area (Å²) in [5.41, 5.74) is 4.67. The van der Waals surface area contributed by atoms with E-state index in [1.807, 2.05) is 30.3 Å². The molecule has 1 aliphatic heterocycles. The Morgan fingerprint density at radius 1 is 1.15 bits per heavy atom. The van der Waals surface area contributed by atoms with Crippen molar-refractivity contribution < 1.29 is 9.90 Å². The summed E-state index contributed by atoms with van der Waals surface area (Å²) in [6.07, 6.45) is 0.953. The van der Waals surface area contributed by atoms with E-state index in [1.54, 1.807) is 11.8 Å². The molecule has 20 heavy (non-hydrogen) atoms. The van der Waals surface area contributed by atoms with Crippen LogP contribution in [0, 0.1) is 0 Å². The molecule has 2 aromatic carbocycles. The molecule has 1 heterocycles. The Morgan fingerprint density at radius 2 is 1.95 bits per heavy atom. The van der Waals surface area contributed by atoms with Gasteiger partial charge in [-0.1, -0.05) is 29.8 Å². The molecule has 2 aromatic rings. The van der Waals surface area contributed by atoms with Gasteiger partial charge >= 0.3 is 5.97 Å². The van der Waals surface area contributed by atoms with Crippen molar-refractivity contribution >= 4 is 29.3 Å². The first-order valence-electron chi connectivity index (χ1n) is 6.35. The number of carboxylic acid groups (broad SMARTS) is 1. The number of thioether (sulfide) groups is 1. The highest BCUT2D eigenvalue weighted by Crippen LogP contribution is 2.35. The number of carboxylic acids is 1. The van der Waals surface area contributed by atoms with Gasteiger partial charge in [-0.2, -0.15) is 0 Å². The molecule has 0 unspecified atom stereocenters. The second-order valence-electron chi connectivity index (χ2n) is 4.89. The predicted octanol–water partition coefficient (Wildman–Crippen LogP) is 4.16. The van der Waals surface area contributed by atoms with Crippen molar-refractivity contribution in [3.63, 3.8) is 0 Å². The summed E-state index contributed by atoms with van der Waals surface area (Å²) in [4.78, 5) is 12.0. The maximum atomic E-state index is 10.8. The van der Waals surface area contributed by atoms with Gasteiger partial charge in [0, 0.05) is 15.7 Å².